The first-order chi connectivity index (χ1) is 18.4. The van der Waals surface area contributed by atoms with Gasteiger partial charge in [0.2, 0.25) is 17.7 Å². The van der Waals surface area contributed by atoms with Gasteiger partial charge in [-0.1, -0.05) is 30.3 Å². The molecular formula is C29H33FN4O4. The van der Waals surface area contributed by atoms with Crippen molar-refractivity contribution >= 4 is 11.8 Å². The number of carbonyl (C=O) groups is 2. The van der Waals surface area contributed by atoms with E-state index in [1.807, 2.05) is 41.3 Å². The van der Waals surface area contributed by atoms with Crippen LogP contribution in [0.5, 0.6) is 11.6 Å². The van der Waals surface area contributed by atoms with Gasteiger partial charge in [0, 0.05) is 56.5 Å². The highest BCUT2D eigenvalue weighted by Crippen LogP contribution is 2.21. The van der Waals surface area contributed by atoms with E-state index in [-0.39, 0.29) is 24.5 Å². The maximum Gasteiger partial charge on any atom is 0.240 e. The second-order valence-electron chi connectivity index (χ2n) is 9.38. The number of pyridine rings is 1. The SMILES string of the molecule is COc1ccc(COc2cc(F)cc(C[C@@H](C[C@@H]3NCCN(Cc4ccccc4)C3=O)NC(C)=O)c2)cn1. The number of hydrogen-bond donors (Lipinski definition) is 2. The summed E-state index contributed by atoms with van der Waals surface area (Å²) in [7, 11) is 1.54. The van der Waals surface area contributed by atoms with Crippen molar-refractivity contribution in [2.45, 2.75) is 45.0 Å². The average molecular weight is 521 g/mol. The van der Waals surface area contributed by atoms with Gasteiger partial charge in [-0.15, -0.1) is 0 Å². The van der Waals surface area contributed by atoms with E-state index >= 15 is 0 Å². The lowest BCUT2D eigenvalue weighted by Gasteiger charge is -2.35. The van der Waals surface area contributed by atoms with Gasteiger partial charge >= 0.3 is 0 Å². The Labute approximate surface area is 222 Å². The third kappa shape index (κ3) is 7.76. The van der Waals surface area contributed by atoms with Crippen LogP contribution in [0.15, 0.2) is 66.9 Å². The lowest BCUT2D eigenvalue weighted by molar-refractivity contribution is -0.137. The molecule has 3 aromatic rings. The minimum absolute atomic E-state index is 0.00757. The molecule has 4 rings (SSSR count). The smallest absolute Gasteiger partial charge is 0.240 e. The van der Waals surface area contributed by atoms with E-state index in [0.717, 1.165) is 11.1 Å². The summed E-state index contributed by atoms with van der Waals surface area (Å²) < 4.78 is 25.3. The molecule has 2 atom stereocenters. The molecular weight excluding hydrogens is 487 g/mol. The molecule has 8 nitrogen and oxygen atoms in total. The average Bonchev–Trinajstić information content (AvgIpc) is 2.90. The van der Waals surface area contributed by atoms with Crippen molar-refractivity contribution in [3.05, 3.63) is 89.4 Å². The number of methoxy groups -OCH3 is 1. The van der Waals surface area contributed by atoms with Crippen molar-refractivity contribution in [1.29, 1.82) is 0 Å². The van der Waals surface area contributed by atoms with Crippen LogP contribution in [0.25, 0.3) is 0 Å². The largest absolute Gasteiger partial charge is 0.489 e. The summed E-state index contributed by atoms with van der Waals surface area (Å²) in [6.45, 7) is 3.47. The van der Waals surface area contributed by atoms with Crippen LogP contribution in [0.4, 0.5) is 4.39 Å². The molecule has 1 fully saturated rings. The van der Waals surface area contributed by atoms with Crippen LogP contribution in [0.3, 0.4) is 0 Å². The minimum atomic E-state index is -0.448. The molecule has 1 aromatic heterocycles. The summed E-state index contributed by atoms with van der Waals surface area (Å²) in [5.41, 5.74) is 2.54. The lowest BCUT2D eigenvalue weighted by Crippen LogP contribution is -2.56. The molecule has 0 unspecified atom stereocenters. The molecule has 9 heteroatoms. The quantitative estimate of drug-likeness (QED) is 0.403. The van der Waals surface area contributed by atoms with Crippen LogP contribution in [0, 0.1) is 5.82 Å². The fourth-order valence-electron chi connectivity index (χ4n) is 4.59. The Morgan fingerprint density at radius 2 is 1.97 bits per heavy atom. The van der Waals surface area contributed by atoms with E-state index in [1.165, 1.54) is 19.1 Å². The zero-order valence-electron chi connectivity index (χ0n) is 21.7. The number of nitrogens with zero attached hydrogens (tertiary/aromatic N) is 2. The monoisotopic (exact) mass is 520 g/mol. The maximum absolute atomic E-state index is 14.5. The van der Waals surface area contributed by atoms with Gasteiger partial charge in [-0.25, -0.2) is 9.37 Å². The van der Waals surface area contributed by atoms with Crippen molar-refractivity contribution in [2.75, 3.05) is 20.2 Å². The molecule has 1 aliphatic heterocycles. The molecule has 2 aromatic carbocycles. The van der Waals surface area contributed by atoms with Gasteiger partial charge in [0.1, 0.15) is 18.2 Å². The molecule has 0 saturated carbocycles. The zero-order chi connectivity index (χ0) is 26.9. The van der Waals surface area contributed by atoms with Gasteiger partial charge < -0.3 is 25.0 Å². The van der Waals surface area contributed by atoms with Crippen LogP contribution in [0.1, 0.15) is 30.0 Å². The van der Waals surface area contributed by atoms with Gasteiger partial charge in [-0.05, 0) is 42.2 Å². The standard InChI is InChI=1S/C29H33FN4O4/c1-20(35)33-25(16-27-29(36)34(11-10-31-27)18-21-6-4-3-5-7-21)13-23-12-24(30)15-26(14-23)38-19-22-8-9-28(37-2)32-17-22/h3-9,12,14-15,17,25,27,31H,10-11,13,16,18-19H2,1-2H3,(H,33,35)/t25-,27-/m0/s1. The summed E-state index contributed by atoms with van der Waals surface area (Å²) in [5, 5.41) is 6.22. The Bertz CT molecular complexity index is 1220. The molecule has 200 valence electrons. The highest BCUT2D eigenvalue weighted by Gasteiger charge is 2.31. The summed E-state index contributed by atoms with van der Waals surface area (Å²) in [5.74, 6) is 0.220. The molecule has 2 heterocycles. The van der Waals surface area contributed by atoms with E-state index in [9.17, 15) is 14.0 Å². The Hall–Kier alpha value is -3.98. The van der Waals surface area contributed by atoms with Crippen molar-refractivity contribution < 1.29 is 23.5 Å². The number of amides is 2. The minimum Gasteiger partial charge on any atom is -0.489 e. The summed E-state index contributed by atoms with van der Waals surface area (Å²) in [6.07, 6.45) is 2.37. The highest BCUT2D eigenvalue weighted by molar-refractivity contribution is 5.83. The highest BCUT2D eigenvalue weighted by atomic mass is 19.1. The van der Waals surface area contributed by atoms with Crippen molar-refractivity contribution in [3.8, 4) is 11.6 Å². The van der Waals surface area contributed by atoms with Crippen molar-refractivity contribution in [2.24, 2.45) is 0 Å². The van der Waals surface area contributed by atoms with Gasteiger partial charge in [0.05, 0.1) is 13.2 Å². The third-order valence-electron chi connectivity index (χ3n) is 6.35. The first kappa shape index (κ1) is 27.1. The number of ether oxygens (including phenoxy) is 2. The van der Waals surface area contributed by atoms with Crippen LogP contribution < -0.4 is 20.1 Å². The molecule has 0 spiro atoms. The first-order valence-corrected chi connectivity index (χ1v) is 12.6. The molecule has 38 heavy (non-hydrogen) atoms. The van der Waals surface area contributed by atoms with E-state index in [4.69, 9.17) is 9.47 Å². The predicted octanol–water partition coefficient (Wildman–Crippen LogP) is 3.25. The number of piperazine rings is 1. The lowest BCUT2D eigenvalue weighted by atomic mass is 9.97. The number of hydrogen-bond acceptors (Lipinski definition) is 6. The number of nitrogens with one attached hydrogen (secondary N) is 2. The molecule has 0 aliphatic carbocycles. The molecule has 1 saturated heterocycles. The summed E-state index contributed by atoms with van der Waals surface area (Å²) in [6, 6.07) is 17.1. The number of benzene rings is 2. The molecule has 0 radical (unpaired) electrons. The van der Waals surface area contributed by atoms with Gasteiger partial charge in [0.15, 0.2) is 0 Å². The maximum atomic E-state index is 14.5. The fraction of sp³-hybridized carbons (Fsp3) is 0.345. The zero-order valence-corrected chi connectivity index (χ0v) is 21.7. The van der Waals surface area contributed by atoms with Crippen LogP contribution in [0.2, 0.25) is 0 Å². The number of rotatable bonds is 11. The second-order valence-corrected chi connectivity index (χ2v) is 9.38. The number of halogens is 1. The molecule has 0 bridgehead atoms. The third-order valence-corrected chi connectivity index (χ3v) is 6.35. The van der Waals surface area contributed by atoms with Gasteiger partial charge in [-0.2, -0.15) is 0 Å². The van der Waals surface area contributed by atoms with Crippen LogP contribution in [-0.2, 0) is 29.2 Å². The summed E-state index contributed by atoms with van der Waals surface area (Å²) in [4.78, 5) is 31.2. The first-order valence-electron chi connectivity index (χ1n) is 12.6. The van der Waals surface area contributed by atoms with Gasteiger partial charge in [-0.3, -0.25) is 9.59 Å². The predicted molar refractivity (Wildman–Crippen MR) is 141 cm³/mol. The number of carbonyl (C=O) groups excluding carboxylic acids is 2. The second kappa shape index (κ2) is 13.0. The summed E-state index contributed by atoms with van der Waals surface area (Å²) >= 11 is 0. The van der Waals surface area contributed by atoms with Crippen LogP contribution >= 0.6 is 0 Å². The molecule has 2 N–H and O–H groups in total. The Kier molecular flexibility index (Phi) is 9.26. The van der Waals surface area contributed by atoms with E-state index < -0.39 is 11.9 Å². The van der Waals surface area contributed by atoms with Crippen LogP contribution in [-0.4, -0.2) is 54.0 Å². The molecule has 2 amide bonds. The van der Waals surface area contributed by atoms with Gasteiger partial charge in [0.25, 0.3) is 0 Å². The Morgan fingerprint density at radius 3 is 2.68 bits per heavy atom. The van der Waals surface area contributed by atoms with E-state index in [2.05, 4.69) is 15.6 Å². The van der Waals surface area contributed by atoms with E-state index in [1.54, 1.807) is 25.4 Å². The normalized spacial score (nSPS) is 16.1. The van der Waals surface area contributed by atoms with E-state index in [0.29, 0.717) is 49.7 Å². The number of aromatic nitrogens is 1. The Morgan fingerprint density at radius 1 is 1.16 bits per heavy atom. The molecule has 1 aliphatic rings. The van der Waals surface area contributed by atoms with Crippen molar-refractivity contribution in [1.82, 2.24) is 20.5 Å². The Balaban J connectivity index is 1.41. The fourth-order valence-corrected chi connectivity index (χ4v) is 4.59. The topological polar surface area (TPSA) is 92.8 Å². The van der Waals surface area contributed by atoms with Crippen molar-refractivity contribution in [3.63, 3.8) is 0 Å².